The summed E-state index contributed by atoms with van der Waals surface area (Å²) in [6.07, 6.45) is -7.74. The molecule has 12 heteroatoms. The number of hydrogen-bond acceptors (Lipinski definition) is 12. The summed E-state index contributed by atoms with van der Waals surface area (Å²) in [7, 11) is 1.48. The van der Waals surface area contributed by atoms with Gasteiger partial charge in [-0.15, -0.1) is 0 Å². The van der Waals surface area contributed by atoms with Gasteiger partial charge in [-0.2, -0.15) is 0 Å². The lowest BCUT2D eigenvalue weighted by atomic mass is 9.96. The van der Waals surface area contributed by atoms with Crippen LogP contribution in [0.3, 0.4) is 0 Å². The van der Waals surface area contributed by atoms with Crippen molar-refractivity contribution in [1.29, 1.82) is 0 Å². The number of rotatable bonds is 8. The third-order valence-electron chi connectivity index (χ3n) is 6.61. The minimum Gasteiger partial charge on any atom is -0.507 e. The molecule has 39 heavy (non-hydrogen) atoms. The predicted octanol–water partition coefficient (Wildman–Crippen LogP) is 0.762. The van der Waals surface area contributed by atoms with E-state index < -0.39 is 59.8 Å². The summed E-state index contributed by atoms with van der Waals surface area (Å²) in [5.74, 6) is -1.13. The van der Waals surface area contributed by atoms with Gasteiger partial charge >= 0.3 is 0 Å². The zero-order valence-electron chi connectivity index (χ0n) is 21.6. The summed E-state index contributed by atoms with van der Waals surface area (Å²) < 4.78 is 22.4. The van der Waals surface area contributed by atoms with E-state index in [1.165, 1.54) is 7.11 Å². The summed E-state index contributed by atoms with van der Waals surface area (Å²) >= 11 is 0. The number of benzene rings is 2. The van der Waals surface area contributed by atoms with Crippen LogP contribution in [0, 0.1) is 0 Å². The van der Waals surface area contributed by atoms with Crippen LogP contribution in [-0.4, -0.2) is 85.8 Å². The lowest BCUT2D eigenvalue weighted by Crippen LogP contribution is -2.60. The first-order valence-electron chi connectivity index (χ1n) is 12.2. The second kappa shape index (κ2) is 11.0. The van der Waals surface area contributed by atoms with Gasteiger partial charge in [-0.3, -0.25) is 4.79 Å². The molecule has 1 aliphatic rings. The maximum atomic E-state index is 13.2. The molecular formula is C27H32O12. The van der Waals surface area contributed by atoms with E-state index in [4.69, 9.17) is 18.6 Å². The molecule has 1 aromatic heterocycles. The number of aromatic hydroxyl groups is 2. The van der Waals surface area contributed by atoms with Crippen LogP contribution in [0.2, 0.25) is 0 Å². The molecule has 3 aromatic rings. The average molecular weight is 549 g/mol. The summed E-state index contributed by atoms with van der Waals surface area (Å²) in [6.45, 7) is 2.45. The van der Waals surface area contributed by atoms with Crippen LogP contribution in [0.5, 0.6) is 23.0 Å². The van der Waals surface area contributed by atoms with E-state index >= 15 is 0 Å². The average Bonchev–Trinajstić information content (AvgIpc) is 2.89. The largest absolute Gasteiger partial charge is 0.507 e. The number of phenolic OH excluding ortho intramolecular Hbond substituents is 1. The fourth-order valence-corrected chi connectivity index (χ4v) is 4.37. The normalized spacial score (nSPS) is 23.6. The van der Waals surface area contributed by atoms with Gasteiger partial charge in [-0.1, -0.05) is 0 Å². The monoisotopic (exact) mass is 548 g/mol. The van der Waals surface area contributed by atoms with Gasteiger partial charge in [0.25, 0.3) is 0 Å². The quantitative estimate of drug-likeness (QED) is 0.209. The summed E-state index contributed by atoms with van der Waals surface area (Å²) in [4.78, 5) is 13.2. The van der Waals surface area contributed by atoms with Crippen LogP contribution in [0.25, 0.3) is 22.3 Å². The zero-order valence-corrected chi connectivity index (χ0v) is 21.6. The van der Waals surface area contributed by atoms with Crippen molar-refractivity contribution in [3.63, 3.8) is 0 Å². The molecule has 212 valence electrons. The van der Waals surface area contributed by atoms with Crippen molar-refractivity contribution in [3.8, 4) is 34.3 Å². The van der Waals surface area contributed by atoms with Crippen LogP contribution >= 0.6 is 0 Å². The van der Waals surface area contributed by atoms with Gasteiger partial charge in [-0.25, -0.2) is 0 Å². The Kier molecular flexibility index (Phi) is 8.07. The molecule has 0 radical (unpaired) electrons. The number of aryl methyl sites for hydroxylation is 1. The first-order valence-corrected chi connectivity index (χ1v) is 12.2. The SMILES string of the molecule is COc1ccc(-c2oc3c(CCC(C)(C)O)c(O[C@@H]4O[C@H](CO)[C@@H](O)[C@H](O)[C@H]4O)cc(O)c3c(=O)c2O)cc1. The topological polar surface area (TPSA) is 200 Å². The van der Waals surface area contributed by atoms with E-state index in [1.54, 1.807) is 38.1 Å². The van der Waals surface area contributed by atoms with Crippen molar-refractivity contribution < 1.29 is 54.4 Å². The molecule has 0 amide bonds. The molecule has 0 saturated carbocycles. The zero-order chi connectivity index (χ0) is 28.6. The Morgan fingerprint density at radius 2 is 1.69 bits per heavy atom. The molecular weight excluding hydrogens is 516 g/mol. The van der Waals surface area contributed by atoms with Gasteiger partial charge in [0.2, 0.25) is 17.5 Å². The highest BCUT2D eigenvalue weighted by molar-refractivity contribution is 5.91. The first kappa shape index (κ1) is 28.6. The fraction of sp³-hybridized carbons (Fsp3) is 0.444. The van der Waals surface area contributed by atoms with Gasteiger partial charge in [0.1, 0.15) is 52.6 Å². The van der Waals surface area contributed by atoms with Crippen LogP contribution in [-0.2, 0) is 11.2 Å². The van der Waals surface area contributed by atoms with Crippen LogP contribution < -0.4 is 14.9 Å². The third-order valence-corrected chi connectivity index (χ3v) is 6.61. The molecule has 1 fully saturated rings. The number of phenols is 1. The number of aliphatic hydroxyl groups excluding tert-OH is 4. The number of fused-ring (bicyclic) bond motifs is 1. The third kappa shape index (κ3) is 5.66. The van der Waals surface area contributed by atoms with Gasteiger partial charge in [-0.05, 0) is 51.0 Å². The molecule has 1 aliphatic heterocycles. The molecule has 7 N–H and O–H groups in total. The standard InChI is InChI=1S/C27H32O12/c1-27(2,35)9-8-14-16(37-26-23(34)21(32)19(30)17(11-28)38-26)10-15(29)18-20(31)22(33)24(39-25(14)18)12-4-6-13(36-3)7-5-12/h4-7,10,17,19,21,23,26,28-30,32-35H,8-9,11H2,1-3H3/t17-,19-,21+,23-,26-/m1/s1. The van der Waals surface area contributed by atoms with E-state index in [1.807, 2.05) is 0 Å². The summed E-state index contributed by atoms with van der Waals surface area (Å²) in [6, 6.07) is 7.39. The van der Waals surface area contributed by atoms with E-state index in [9.17, 15) is 40.5 Å². The lowest BCUT2D eigenvalue weighted by molar-refractivity contribution is -0.277. The Labute approximate surface area is 222 Å². The molecule has 1 saturated heterocycles. The number of methoxy groups -OCH3 is 1. The Bertz CT molecular complexity index is 1370. The summed E-state index contributed by atoms with van der Waals surface area (Å²) in [5.41, 5.74) is -1.70. The molecule has 0 bridgehead atoms. The van der Waals surface area contributed by atoms with E-state index in [2.05, 4.69) is 0 Å². The second-order valence-corrected chi connectivity index (χ2v) is 10.0. The van der Waals surface area contributed by atoms with Gasteiger partial charge in [0, 0.05) is 17.2 Å². The molecule has 0 aliphatic carbocycles. The van der Waals surface area contributed by atoms with E-state index in [0.29, 0.717) is 11.3 Å². The highest BCUT2D eigenvalue weighted by Gasteiger charge is 2.45. The van der Waals surface area contributed by atoms with Crippen molar-refractivity contribution >= 4 is 11.0 Å². The Morgan fingerprint density at radius 3 is 2.28 bits per heavy atom. The molecule has 5 atom stereocenters. The van der Waals surface area contributed by atoms with E-state index in [-0.39, 0.29) is 40.9 Å². The Balaban J connectivity index is 1.90. The van der Waals surface area contributed by atoms with Crippen LogP contribution in [0.1, 0.15) is 25.8 Å². The summed E-state index contributed by atoms with van der Waals surface area (Å²) in [5, 5.41) is 71.7. The maximum Gasteiger partial charge on any atom is 0.238 e. The molecule has 2 aromatic carbocycles. The van der Waals surface area contributed by atoms with Crippen molar-refractivity contribution in [3.05, 3.63) is 46.1 Å². The highest BCUT2D eigenvalue weighted by Crippen LogP contribution is 2.41. The van der Waals surface area contributed by atoms with Crippen molar-refractivity contribution in [2.45, 2.75) is 63.0 Å². The van der Waals surface area contributed by atoms with Gasteiger partial charge < -0.3 is 54.4 Å². The molecule has 2 heterocycles. The molecule has 0 spiro atoms. The number of ether oxygens (including phenoxy) is 3. The first-order chi connectivity index (χ1) is 18.4. The molecule has 0 unspecified atom stereocenters. The number of aliphatic hydroxyl groups is 5. The predicted molar refractivity (Wildman–Crippen MR) is 137 cm³/mol. The molecule has 4 rings (SSSR count). The van der Waals surface area contributed by atoms with Crippen molar-refractivity contribution in [2.24, 2.45) is 0 Å². The molecule has 12 nitrogen and oxygen atoms in total. The van der Waals surface area contributed by atoms with E-state index in [0.717, 1.165) is 6.07 Å². The van der Waals surface area contributed by atoms with Crippen molar-refractivity contribution in [1.82, 2.24) is 0 Å². The van der Waals surface area contributed by atoms with Crippen LogP contribution in [0.15, 0.2) is 39.5 Å². The Hall–Kier alpha value is -3.39. The minimum absolute atomic E-state index is 0.0444. The lowest BCUT2D eigenvalue weighted by Gasteiger charge is -2.39. The fourth-order valence-electron chi connectivity index (χ4n) is 4.37. The minimum atomic E-state index is -1.75. The van der Waals surface area contributed by atoms with Crippen molar-refractivity contribution in [2.75, 3.05) is 13.7 Å². The van der Waals surface area contributed by atoms with Gasteiger partial charge in [0.15, 0.2) is 5.76 Å². The second-order valence-electron chi connectivity index (χ2n) is 10.0. The highest BCUT2D eigenvalue weighted by atomic mass is 16.7. The Morgan fingerprint density at radius 1 is 1.03 bits per heavy atom. The van der Waals surface area contributed by atoms with Crippen LogP contribution in [0.4, 0.5) is 0 Å². The van der Waals surface area contributed by atoms with Gasteiger partial charge in [0.05, 0.1) is 19.3 Å². The number of hydrogen-bond donors (Lipinski definition) is 7. The maximum absolute atomic E-state index is 13.2. The smallest absolute Gasteiger partial charge is 0.238 e.